The lowest BCUT2D eigenvalue weighted by Gasteiger charge is -2.15. The van der Waals surface area contributed by atoms with Gasteiger partial charge in [0.2, 0.25) is 5.88 Å². The number of hydrogen-bond donors (Lipinski definition) is 1. The highest BCUT2D eigenvalue weighted by atomic mass is 19.4. The number of aromatic nitrogens is 2. The second kappa shape index (κ2) is 4.14. The Balaban J connectivity index is 3.53. The van der Waals surface area contributed by atoms with Crippen molar-refractivity contribution in [2.75, 3.05) is 0 Å². The number of nitrogens with zero attached hydrogens (tertiary/aromatic N) is 2. The van der Waals surface area contributed by atoms with Gasteiger partial charge in [0.15, 0.2) is 0 Å². The third-order valence-corrected chi connectivity index (χ3v) is 2.03. The number of halogens is 4. The van der Waals surface area contributed by atoms with Crippen molar-refractivity contribution in [2.45, 2.75) is 25.7 Å². The molecule has 0 bridgehead atoms. The Morgan fingerprint density at radius 3 is 2.17 bits per heavy atom. The fourth-order valence-corrected chi connectivity index (χ4v) is 1.38. The first-order valence-electron chi connectivity index (χ1n) is 4.69. The summed E-state index contributed by atoms with van der Waals surface area (Å²) < 4.78 is 56.6. The summed E-state index contributed by atoms with van der Waals surface area (Å²) in [5.74, 6) is -1.06. The average molecular weight is 270 g/mol. The Morgan fingerprint density at radius 2 is 1.83 bits per heavy atom. The highest BCUT2D eigenvalue weighted by Gasteiger charge is 2.45. The van der Waals surface area contributed by atoms with Crippen LogP contribution in [0.2, 0.25) is 0 Å². The summed E-state index contributed by atoms with van der Waals surface area (Å²) >= 11 is 0. The number of alkyl halides is 4. The molecule has 1 N–H and O–H groups in total. The van der Waals surface area contributed by atoms with Gasteiger partial charge in [-0.2, -0.15) is 18.3 Å². The van der Waals surface area contributed by atoms with Gasteiger partial charge >= 0.3 is 12.3 Å². The van der Waals surface area contributed by atoms with Gasteiger partial charge in [-0.1, -0.05) is 0 Å². The monoisotopic (exact) mass is 270 g/mol. The highest BCUT2D eigenvalue weighted by molar-refractivity contribution is 5.61. The molecule has 0 saturated carbocycles. The molecule has 1 aromatic rings. The van der Waals surface area contributed by atoms with Crippen molar-refractivity contribution in [1.82, 2.24) is 9.78 Å². The zero-order valence-electron chi connectivity index (χ0n) is 9.67. The van der Waals surface area contributed by atoms with Crippen LogP contribution in [0.5, 0.6) is 5.88 Å². The molecule has 1 heterocycles. The maximum Gasteiger partial charge on any atom is 0.512 e. The second-order valence-corrected chi connectivity index (χ2v) is 3.99. The summed E-state index contributed by atoms with van der Waals surface area (Å²) in [4.78, 5) is 10.3. The Labute approximate surface area is 99.0 Å². The lowest BCUT2D eigenvalue weighted by molar-refractivity contribution is -0.140. The molecule has 0 aliphatic heterocycles. The lowest BCUT2D eigenvalue weighted by atomic mass is 10.0. The molecule has 102 valence electrons. The second-order valence-electron chi connectivity index (χ2n) is 3.99. The number of carboxylic acid groups (broad SMARTS) is 1. The van der Waals surface area contributed by atoms with Crippen LogP contribution in [0.15, 0.2) is 0 Å². The first-order valence-corrected chi connectivity index (χ1v) is 4.69. The van der Waals surface area contributed by atoms with Crippen LogP contribution in [-0.4, -0.2) is 21.0 Å². The van der Waals surface area contributed by atoms with Crippen LogP contribution in [0, 0.1) is 0 Å². The van der Waals surface area contributed by atoms with Crippen LogP contribution in [0.3, 0.4) is 0 Å². The van der Waals surface area contributed by atoms with Crippen molar-refractivity contribution >= 4 is 6.16 Å². The number of hydrogen-bond acceptors (Lipinski definition) is 3. The number of aryl methyl sites for hydroxylation is 1. The number of carbonyl (C=O) groups is 1. The van der Waals surface area contributed by atoms with Gasteiger partial charge in [-0.25, -0.2) is 13.9 Å². The Morgan fingerprint density at radius 1 is 1.33 bits per heavy atom. The van der Waals surface area contributed by atoms with Crippen LogP contribution >= 0.6 is 0 Å². The van der Waals surface area contributed by atoms with E-state index in [1.165, 1.54) is 0 Å². The number of ether oxygens (including phenoxy) is 1. The predicted molar refractivity (Wildman–Crippen MR) is 51.0 cm³/mol. The van der Waals surface area contributed by atoms with Crippen molar-refractivity contribution in [1.29, 1.82) is 0 Å². The summed E-state index contributed by atoms with van der Waals surface area (Å²) in [5.41, 5.74) is -4.84. The van der Waals surface area contributed by atoms with Crippen molar-refractivity contribution in [2.24, 2.45) is 7.05 Å². The van der Waals surface area contributed by atoms with Gasteiger partial charge in [0.25, 0.3) is 0 Å². The summed E-state index contributed by atoms with van der Waals surface area (Å²) in [6.45, 7) is 1.77. The SMILES string of the molecule is Cn1nc(C(C)(C)F)c(C(F)(F)F)c1OC(=O)O. The Bertz CT molecular complexity index is 473. The van der Waals surface area contributed by atoms with E-state index >= 15 is 0 Å². The van der Waals surface area contributed by atoms with Gasteiger partial charge in [-0.15, -0.1) is 0 Å². The molecule has 1 aromatic heterocycles. The fraction of sp³-hybridized carbons (Fsp3) is 0.556. The van der Waals surface area contributed by atoms with Gasteiger partial charge in [0.1, 0.15) is 16.9 Å². The minimum atomic E-state index is -4.97. The predicted octanol–water partition coefficient (Wildman–Crippen LogP) is 2.70. The van der Waals surface area contributed by atoms with Crippen molar-refractivity contribution < 1.29 is 32.2 Å². The topological polar surface area (TPSA) is 64.4 Å². The molecule has 0 unspecified atom stereocenters. The minimum absolute atomic E-state index is 0.535. The molecule has 0 aliphatic carbocycles. The van der Waals surface area contributed by atoms with Crippen LogP contribution in [0.1, 0.15) is 25.1 Å². The van der Waals surface area contributed by atoms with Crippen molar-refractivity contribution in [3.05, 3.63) is 11.3 Å². The van der Waals surface area contributed by atoms with E-state index in [0.29, 0.717) is 4.68 Å². The largest absolute Gasteiger partial charge is 0.512 e. The van der Waals surface area contributed by atoms with E-state index in [2.05, 4.69) is 9.84 Å². The van der Waals surface area contributed by atoms with E-state index in [9.17, 15) is 22.4 Å². The molecular weight excluding hydrogens is 260 g/mol. The van der Waals surface area contributed by atoms with E-state index in [1.54, 1.807) is 0 Å². The fourth-order valence-electron chi connectivity index (χ4n) is 1.38. The van der Waals surface area contributed by atoms with Gasteiger partial charge in [0, 0.05) is 7.05 Å². The van der Waals surface area contributed by atoms with Crippen LogP contribution in [0.25, 0.3) is 0 Å². The molecule has 0 saturated heterocycles. The molecule has 0 amide bonds. The third-order valence-electron chi connectivity index (χ3n) is 2.03. The Hall–Kier alpha value is -1.80. The van der Waals surface area contributed by atoms with Gasteiger partial charge in [-0.3, -0.25) is 0 Å². The lowest BCUT2D eigenvalue weighted by Crippen LogP contribution is -2.18. The maximum absolute atomic E-state index is 13.7. The molecule has 0 radical (unpaired) electrons. The van der Waals surface area contributed by atoms with E-state index in [-0.39, 0.29) is 0 Å². The molecule has 0 aliphatic rings. The summed E-state index contributed by atoms with van der Waals surface area (Å²) in [6, 6.07) is 0. The van der Waals surface area contributed by atoms with Crippen molar-refractivity contribution in [3.63, 3.8) is 0 Å². The third kappa shape index (κ3) is 2.71. The summed E-state index contributed by atoms with van der Waals surface area (Å²) in [7, 11) is 1.03. The van der Waals surface area contributed by atoms with Crippen LogP contribution in [0.4, 0.5) is 22.4 Å². The molecule has 9 heteroatoms. The summed E-state index contributed by atoms with van der Waals surface area (Å²) in [5, 5.41) is 11.7. The van der Waals surface area contributed by atoms with Gasteiger partial charge in [0.05, 0.1) is 0 Å². The molecule has 0 aromatic carbocycles. The quantitative estimate of drug-likeness (QED) is 0.663. The van der Waals surface area contributed by atoms with Gasteiger partial charge < -0.3 is 9.84 Å². The maximum atomic E-state index is 13.7. The normalized spacial score (nSPS) is 12.6. The summed E-state index contributed by atoms with van der Waals surface area (Å²) in [6.07, 6.45) is -6.91. The Kier molecular flexibility index (Phi) is 3.28. The van der Waals surface area contributed by atoms with E-state index in [0.717, 1.165) is 20.9 Å². The standard InChI is InChI=1S/C9H10F4N2O3/c1-8(2,10)5-4(9(11,12)13)6(15(3)14-5)18-7(16)17/h1-3H3,(H,16,17). The van der Waals surface area contributed by atoms with Crippen LogP contribution in [-0.2, 0) is 18.9 Å². The van der Waals surface area contributed by atoms with Gasteiger partial charge in [-0.05, 0) is 13.8 Å². The average Bonchev–Trinajstić information content (AvgIpc) is 2.41. The smallest absolute Gasteiger partial charge is 0.449 e. The minimum Gasteiger partial charge on any atom is -0.449 e. The zero-order valence-corrected chi connectivity index (χ0v) is 9.67. The molecule has 0 fully saturated rings. The molecule has 1 rings (SSSR count). The zero-order chi connectivity index (χ0) is 14.3. The van der Waals surface area contributed by atoms with E-state index in [4.69, 9.17) is 5.11 Å². The molecule has 18 heavy (non-hydrogen) atoms. The first-order chi connectivity index (χ1) is 7.94. The van der Waals surface area contributed by atoms with Crippen molar-refractivity contribution in [3.8, 4) is 5.88 Å². The van der Waals surface area contributed by atoms with E-state index in [1.807, 2.05) is 0 Å². The highest BCUT2D eigenvalue weighted by Crippen LogP contribution is 2.43. The molecular formula is C9H10F4N2O3. The first kappa shape index (κ1) is 14.3. The molecule has 0 spiro atoms. The molecule has 5 nitrogen and oxygen atoms in total. The van der Waals surface area contributed by atoms with E-state index < -0.39 is 35.1 Å². The molecule has 0 atom stereocenters. The van der Waals surface area contributed by atoms with Crippen LogP contribution < -0.4 is 4.74 Å². The number of rotatable bonds is 2.